The molecule has 14 heavy (non-hydrogen) atoms. The fourth-order valence-electron chi connectivity index (χ4n) is 1.20. The fraction of sp³-hybridized carbons (Fsp3) is 0. The van der Waals surface area contributed by atoms with Crippen molar-refractivity contribution in [1.29, 1.82) is 0 Å². The maximum absolute atomic E-state index is 10.5. The van der Waals surface area contributed by atoms with Crippen molar-refractivity contribution in [1.82, 2.24) is 9.71 Å². The molecule has 2 rings (SSSR count). The van der Waals surface area contributed by atoms with E-state index in [0.717, 1.165) is 15.8 Å². The van der Waals surface area contributed by atoms with E-state index in [1.807, 2.05) is 30.5 Å². The average Bonchev–Trinajstić information content (AvgIpc) is 2.61. The standard InChI is InChI=1S/C9H9N3OS/c10-9(13)12-14-7-1-2-8-6(5-7)3-4-11-8/h1-5,11H,(H3,10,12,13). The minimum Gasteiger partial charge on any atom is -0.361 e. The Balaban J connectivity index is 2.21. The number of primary amides is 1. The Morgan fingerprint density at radius 2 is 2.29 bits per heavy atom. The molecule has 72 valence electrons. The van der Waals surface area contributed by atoms with Crippen LogP contribution in [0.15, 0.2) is 35.4 Å². The van der Waals surface area contributed by atoms with Crippen LogP contribution in [0.4, 0.5) is 4.79 Å². The lowest BCUT2D eigenvalue weighted by atomic mass is 10.2. The summed E-state index contributed by atoms with van der Waals surface area (Å²) in [6, 6.07) is 7.29. The number of amides is 2. The van der Waals surface area contributed by atoms with E-state index < -0.39 is 6.03 Å². The molecule has 1 heterocycles. The molecule has 0 saturated carbocycles. The van der Waals surface area contributed by atoms with Gasteiger partial charge >= 0.3 is 6.03 Å². The van der Waals surface area contributed by atoms with Crippen LogP contribution in [0.2, 0.25) is 0 Å². The molecule has 0 aliphatic carbocycles. The van der Waals surface area contributed by atoms with E-state index in [-0.39, 0.29) is 0 Å². The lowest BCUT2D eigenvalue weighted by molar-refractivity contribution is 0.254. The number of aromatic nitrogens is 1. The summed E-state index contributed by atoms with van der Waals surface area (Å²) in [6.45, 7) is 0. The number of nitrogens with one attached hydrogen (secondary N) is 2. The van der Waals surface area contributed by atoms with Crippen LogP contribution in [0, 0.1) is 0 Å². The first-order valence-electron chi connectivity index (χ1n) is 4.05. The molecule has 0 bridgehead atoms. The van der Waals surface area contributed by atoms with Gasteiger partial charge < -0.3 is 10.7 Å². The quantitative estimate of drug-likeness (QED) is 0.657. The van der Waals surface area contributed by atoms with E-state index >= 15 is 0 Å². The fourth-order valence-corrected chi connectivity index (χ4v) is 1.74. The van der Waals surface area contributed by atoms with Crippen molar-refractivity contribution in [3.63, 3.8) is 0 Å². The minimum atomic E-state index is -0.538. The predicted molar refractivity (Wildman–Crippen MR) is 56.9 cm³/mol. The molecule has 5 heteroatoms. The Morgan fingerprint density at radius 1 is 1.43 bits per heavy atom. The van der Waals surface area contributed by atoms with E-state index in [1.54, 1.807) is 0 Å². The van der Waals surface area contributed by atoms with Crippen LogP contribution in [0.3, 0.4) is 0 Å². The zero-order valence-corrected chi connectivity index (χ0v) is 8.10. The van der Waals surface area contributed by atoms with Crippen molar-refractivity contribution >= 4 is 28.9 Å². The monoisotopic (exact) mass is 207 g/mol. The van der Waals surface area contributed by atoms with Crippen LogP contribution in [0.25, 0.3) is 10.9 Å². The SMILES string of the molecule is NC(=O)NSc1ccc2[nH]ccc2c1. The van der Waals surface area contributed by atoms with Gasteiger partial charge in [-0.25, -0.2) is 4.79 Å². The van der Waals surface area contributed by atoms with Crippen molar-refractivity contribution in [3.05, 3.63) is 30.5 Å². The molecule has 0 spiro atoms. The third-order valence-electron chi connectivity index (χ3n) is 1.79. The maximum atomic E-state index is 10.5. The van der Waals surface area contributed by atoms with Crippen LogP contribution in [-0.2, 0) is 0 Å². The van der Waals surface area contributed by atoms with Gasteiger partial charge in [-0.1, -0.05) is 0 Å². The van der Waals surface area contributed by atoms with Crippen molar-refractivity contribution in [3.8, 4) is 0 Å². The van der Waals surface area contributed by atoms with E-state index in [0.29, 0.717) is 0 Å². The zero-order chi connectivity index (χ0) is 9.97. The van der Waals surface area contributed by atoms with Crippen molar-refractivity contribution in [2.24, 2.45) is 5.73 Å². The van der Waals surface area contributed by atoms with Gasteiger partial charge in [0.05, 0.1) is 0 Å². The third kappa shape index (κ3) is 1.82. The lowest BCUT2D eigenvalue weighted by Crippen LogP contribution is -2.22. The van der Waals surface area contributed by atoms with Crippen molar-refractivity contribution < 1.29 is 4.79 Å². The number of H-pyrrole nitrogens is 1. The molecular weight excluding hydrogens is 198 g/mol. The first-order valence-corrected chi connectivity index (χ1v) is 4.87. The lowest BCUT2D eigenvalue weighted by Gasteiger charge is -2.00. The molecular formula is C9H9N3OS. The molecule has 2 amide bonds. The smallest absolute Gasteiger partial charge is 0.322 e. The number of carbonyl (C=O) groups is 1. The van der Waals surface area contributed by atoms with E-state index in [1.165, 1.54) is 11.9 Å². The molecule has 0 aliphatic rings. The first-order chi connectivity index (χ1) is 6.75. The number of aromatic amines is 1. The molecule has 4 nitrogen and oxygen atoms in total. The Kier molecular flexibility index (Phi) is 2.32. The summed E-state index contributed by atoms with van der Waals surface area (Å²) in [7, 11) is 0. The number of rotatable bonds is 2. The van der Waals surface area contributed by atoms with Crippen LogP contribution in [0.1, 0.15) is 0 Å². The topological polar surface area (TPSA) is 70.9 Å². The van der Waals surface area contributed by atoms with E-state index in [9.17, 15) is 4.79 Å². The van der Waals surface area contributed by atoms with Gasteiger partial charge in [-0.15, -0.1) is 0 Å². The molecule has 2 aromatic rings. The summed E-state index contributed by atoms with van der Waals surface area (Å²) >= 11 is 1.21. The first kappa shape index (κ1) is 8.96. The van der Waals surface area contributed by atoms with Crippen LogP contribution < -0.4 is 10.5 Å². The van der Waals surface area contributed by atoms with Gasteiger partial charge in [-0.05, 0) is 36.2 Å². The number of nitrogens with two attached hydrogens (primary N) is 1. The minimum absolute atomic E-state index is 0.538. The third-order valence-corrected chi connectivity index (χ3v) is 2.59. The van der Waals surface area contributed by atoms with Crippen LogP contribution in [0.5, 0.6) is 0 Å². The maximum Gasteiger partial charge on any atom is 0.322 e. The molecule has 4 N–H and O–H groups in total. The molecule has 0 unspecified atom stereocenters. The number of urea groups is 1. The number of hydrogen-bond acceptors (Lipinski definition) is 2. The largest absolute Gasteiger partial charge is 0.361 e. The average molecular weight is 207 g/mol. The van der Waals surface area contributed by atoms with Gasteiger partial charge in [0.1, 0.15) is 0 Å². The highest BCUT2D eigenvalue weighted by atomic mass is 32.2. The Morgan fingerprint density at radius 3 is 3.07 bits per heavy atom. The van der Waals surface area contributed by atoms with E-state index in [4.69, 9.17) is 5.73 Å². The van der Waals surface area contributed by atoms with Gasteiger partial charge in [-0.2, -0.15) is 0 Å². The Bertz CT molecular complexity index is 466. The molecule has 1 aromatic carbocycles. The number of hydrogen-bond donors (Lipinski definition) is 3. The second-order valence-electron chi connectivity index (χ2n) is 2.80. The summed E-state index contributed by atoms with van der Waals surface area (Å²) in [5.74, 6) is 0. The molecule has 0 fully saturated rings. The number of carbonyl (C=O) groups excluding carboxylic acids is 1. The predicted octanol–water partition coefficient (Wildman–Crippen LogP) is 1.84. The Labute approximate surface area is 85.0 Å². The van der Waals surface area contributed by atoms with Gasteiger partial charge in [-0.3, -0.25) is 4.72 Å². The van der Waals surface area contributed by atoms with Crippen LogP contribution >= 0.6 is 11.9 Å². The highest BCUT2D eigenvalue weighted by Gasteiger charge is 1.98. The van der Waals surface area contributed by atoms with Gasteiger partial charge in [0.2, 0.25) is 0 Å². The summed E-state index contributed by atoms with van der Waals surface area (Å²) < 4.78 is 2.46. The van der Waals surface area contributed by atoms with Gasteiger partial charge in [0, 0.05) is 22.0 Å². The summed E-state index contributed by atoms with van der Waals surface area (Å²) in [6.07, 6.45) is 1.88. The molecule has 0 saturated heterocycles. The summed E-state index contributed by atoms with van der Waals surface area (Å²) in [4.78, 5) is 14.5. The molecule has 0 atom stereocenters. The Hall–Kier alpha value is -1.62. The molecule has 0 radical (unpaired) electrons. The van der Waals surface area contributed by atoms with Crippen molar-refractivity contribution in [2.45, 2.75) is 4.90 Å². The highest BCUT2D eigenvalue weighted by Crippen LogP contribution is 2.20. The molecule has 0 aliphatic heterocycles. The second kappa shape index (κ2) is 3.63. The van der Waals surface area contributed by atoms with Gasteiger partial charge in [0.25, 0.3) is 0 Å². The second-order valence-corrected chi connectivity index (χ2v) is 3.67. The normalized spacial score (nSPS) is 10.3. The highest BCUT2D eigenvalue weighted by molar-refractivity contribution is 7.98. The summed E-state index contributed by atoms with van der Waals surface area (Å²) in [5.41, 5.74) is 6.03. The number of fused-ring (bicyclic) bond motifs is 1. The van der Waals surface area contributed by atoms with Crippen molar-refractivity contribution in [2.75, 3.05) is 0 Å². The van der Waals surface area contributed by atoms with Gasteiger partial charge in [0.15, 0.2) is 0 Å². The summed E-state index contributed by atoms with van der Waals surface area (Å²) in [5, 5.41) is 1.11. The zero-order valence-electron chi connectivity index (χ0n) is 7.28. The van der Waals surface area contributed by atoms with E-state index in [2.05, 4.69) is 9.71 Å². The molecule has 1 aromatic heterocycles. The van der Waals surface area contributed by atoms with Crippen LogP contribution in [-0.4, -0.2) is 11.0 Å². The number of benzene rings is 1.